The molecule has 6 heteroatoms. The van der Waals surface area contributed by atoms with Crippen molar-refractivity contribution in [2.75, 3.05) is 6.61 Å². The Kier molecular flexibility index (Phi) is 8.51. The number of benzene rings is 1. The van der Waals surface area contributed by atoms with E-state index in [1.54, 1.807) is 20.8 Å². The molecule has 25 heavy (non-hydrogen) atoms. The maximum atomic E-state index is 12.6. The smallest absolute Gasteiger partial charge is 0.408 e. The Balaban J connectivity index is 2.80. The van der Waals surface area contributed by atoms with Crippen LogP contribution in [0.1, 0.15) is 39.3 Å². The molecule has 2 amide bonds. The van der Waals surface area contributed by atoms with Crippen molar-refractivity contribution < 1.29 is 19.1 Å². The Bertz CT molecular complexity index is 595. The molecule has 1 aromatic rings. The molecule has 0 aliphatic rings. The van der Waals surface area contributed by atoms with E-state index in [-0.39, 0.29) is 24.7 Å². The summed E-state index contributed by atoms with van der Waals surface area (Å²) in [6.07, 6.45) is 3.60. The van der Waals surface area contributed by atoms with Crippen LogP contribution in [0.3, 0.4) is 0 Å². The van der Waals surface area contributed by atoms with E-state index in [2.05, 4.69) is 16.6 Å². The number of carbonyl (C=O) groups is 2. The number of carbonyl (C=O) groups excluding carboxylic acids is 2. The summed E-state index contributed by atoms with van der Waals surface area (Å²) >= 11 is 0. The van der Waals surface area contributed by atoms with E-state index in [1.807, 2.05) is 37.3 Å². The number of alkyl carbamates (subject to hydrolysis) is 1. The van der Waals surface area contributed by atoms with E-state index in [1.165, 1.54) is 0 Å². The molecule has 0 saturated heterocycles. The van der Waals surface area contributed by atoms with Crippen LogP contribution in [0.2, 0.25) is 0 Å². The summed E-state index contributed by atoms with van der Waals surface area (Å²) in [7, 11) is 0. The predicted molar refractivity (Wildman–Crippen MR) is 95.8 cm³/mol. The fourth-order valence-electron chi connectivity index (χ4n) is 2.18. The summed E-state index contributed by atoms with van der Waals surface area (Å²) in [4.78, 5) is 24.5. The molecule has 136 valence electrons. The van der Waals surface area contributed by atoms with Gasteiger partial charge in [0, 0.05) is 0 Å². The molecule has 3 atom stereocenters. The SMILES string of the molecule is C#CCO[C@H](C)[C@H](NC(=O)OC(C)C)C(=O)NC(C)c1ccccc1. The minimum Gasteiger partial charge on any atom is -0.447 e. The minimum atomic E-state index is -0.925. The first-order valence-corrected chi connectivity index (χ1v) is 8.22. The molecular weight excluding hydrogens is 320 g/mol. The molecule has 0 saturated carbocycles. The number of ether oxygens (including phenoxy) is 2. The van der Waals surface area contributed by atoms with Gasteiger partial charge in [0.2, 0.25) is 5.91 Å². The van der Waals surface area contributed by atoms with E-state index >= 15 is 0 Å². The zero-order valence-electron chi connectivity index (χ0n) is 15.1. The minimum absolute atomic E-state index is 0.0418. The first kappa shape index (κ1) is 20.5. The highest BCUT2D eigenvalue weighted by Gasteiger charge is 2.29. The Morgan fingerprint density at radius 3 is 2.32 bits per heavy atom. The first-order valence-electron chi connectivity index (χ1n) is 8.22. The summed E-state index contributed by atoms with van der Waals surface area (Å²) < 4.78 is 10.4. The average molecular weight is 346 g/mol. The quantitative estimate of drug-likeness (QED) is 0.709. The van der Waals surface area contributed by atoms with Crippen LogP contribution >= 0.6 is 0 Å². The third-order valence-electron chi connectivity index (χ3n) is 3.46. The van der Waals surface area contributed by atoms with Gasteiger partial charge in [0.1, 0.15) is 12.6 Å². The molecule has 1 rings (SSSR count). The summed E-state index contributed by atoms with van der Waals surface area (Å²) in [6, 6.07) is 8.38. The largest absolute Gasteiger partial charge is 0.447 e. The van der Waals surface area contributed by atoms with Gasteiger partial charge in [-0.1, -0.05) is 36.3 Å². The van der Waals surface area contributed by atoms with Gasteiger partial charge in [-0.25, -0.2) is 4.79 Å². The molecule has 0 aliphatic carbocycles. The van der Waals surface area contributed by atoms with Crippen LogP contribution in [0, 0.1) is 12.3 Å². The van der Waals surface area contributed by atoms with Crippen molar-refractivity contribution in [2.24, 2.45) is 0 Å². The second-order valence-electron chi connectivity index (χ2n) is 5.94. The van der Waals surface area contributed by atoms with Crippen LogP contribution in [-0.4, -0.2) is 36.9 Å². The summed E-state index contributed by atoms with van der Waals surface area (Å²) in [5.74, 6) is 1.97. The van der Waals surface area contributed by atoms with Crippen LogP contribution in [0.15, 0.2) is 30.3 Å². The van der Waals surface area contributed by atoms with Crippen LogP contribution in [-0.2, 0) is 14.3 Å². The van der Waals surface area contributed by atoms with E-state index in [0.717, 1.165) is 5.56 Å². The van der Waals surface area contributed by atoms with Crippen molar-refractivity contribution in [3.05, 3.63) is 35.9 Å². The van der Waals surface area contributed by atoms with Gasteiger partial charge in [-0.15, -0.1) is 6.42 Å². The topological polar surface area (TPSA) is 76.7 Å². The van der Waals surface area contributed by atoms with Crippen molar-refractivity contribution in [2.45, 2.75) is 52.0 Å². The Labute approximate surface area is 149 Å². The number of terminal acetylenes is 1. The molecule has 0 spiro atoms. The fraction of sp³-hybridized carbons (Fsp3) is 0.474. The number of nitrogens with one attached hydrogen (secondary N) is 2. The summed E-state index contributed by atoms with van der Waals surface area (Å²) in [5.41, 5.74) is 0.955. The molecule has 2 N–H and O–H groups in total. The number of hydrogen-bond acceptors (Lipinski definition) is 4. The molecular formula is C19H26N2O4. The maximum absolute atomic E-state index is 12.6. The van der Waals surface area contributed by atoms with Crippen LogP contribution in [0.5, 0.6) is 0 Å². The maximum Gasteiger partial charge on any atom is 0.408 e. The molecule has 1 aromatic carbocycles. The highest BCUT2D eigenvalue weighted by molar-refractivity contribution is 5.86. The zero-order chi connectivity index (χ0) is 18.8. The molecule has 0 aliphatic heterocycles. The third kappa shape index (κ3) is 7.27. The van der Waals surface area contributed by atoms with Gasteiger partial charge in [0.25, 0.3) is 0 Å². The van der Waals surface area contributed by atoms with E-state index in [9.17, 15) is 9.59 Å². The second kappa shape index (κ2) is 10.4. The Hall–Kier alpha value is -2.52. The molecule has 0 fully saturated rings. The van der Waals surface area contributed by atoms with Crippen molar-refractivity contribution in [3.63, 3.8) is 0 Å². The molecule has 0 radical (unpaired) electrons. The lowest BCUT2D eigenvalue weighted by atomic mass is 10.1. The Morgan fingerprint density at radius 1 is 1.12 bits per heavy atom. The molecule has 6 nitrogen and oxygen atoms in total. The molecule has 0 bridgehead atoms. The summed E-state index contributed by atoms with van der Waals surface area (Å²) in [6.45, 7) is 7.03. The van der Waals surface area contributed by atoms with Crippen molar-refractivity contribution in [3.8, 4) is 12.3 Å². The molecule has 1 unspecified atom stereocenters. The van der Waals surface area contributed by atoms with Crippen LogP contribution < -0.4 is 10.6 Å². The lowest BCUT2D eigenvalue weighted by Gasteiger charge is -2.26. The van der Waals surface area contributed by atoms with Crippen LogP contribution in [0.25, 0.3) is 0 Å². The lowest BCUT2D eigenvalue weighted by molar-refractivity contribution is -0.127. The van der Waals surface area contributed by atoms with Gasteiger partial charge < -0.3 is 20.1 Å². The van der Waals surface area contributed by atoms with Crippen molar-refractivity contribution in [1.29, 1.82) is 0 Å². The third-order valence-corrected chi connectivity index (χ3v) is 3.46. The van der Waals surface area contributed by atoms with Gasteiger partial charge >= 0.3 is 6.09 Å². The van der Waals surface area contributed by atoms with Gasteiger partial charge in [-0.05, 0) is 33.3 Å². The highest BCUT2D eigenvalue weighted by atomic mass is 16.6. The second-order valence-corrected chi connectivity index (χ2v) is 5.94. The van der Waals surface area contributed by atoms with Crippen molar-refractivity contribution in [1.82, 2.24) is 10.6 Å². The number of hydrogen-bond donors (Lipinski definition) is 2. The number of rotatable bonds is 8. The van der Waals surface area contributed by atoms with E-state index < -0.39 is 18.2 Å². The lowest BCUT2D eigenvalue weighted by Crippen LogP contribution is -2.53. The van der Waals surface area contributed by atoms with Crippen molar-refractivity contribution >= 4 is 12.0 Å². The van der Waals surface area contributed by atoms with Gasteiger partial charge in [0.05, 0.1) is 18.2 Å². The normalized spacial score (nSPS) is 14.1. The summed E-state index contributed by atoms with van der Waals surface area (Å²) in [5, 5.41) is 5.42. The van der Waals surface area contributed by atoms with Gasteiger partial charge in [0.15, 0.2) is 0 Å². The monoisotopic (exact) mass is 346 g/mol. The molecule has 0 heterocycles. The van der Waals surface area contributed by atoms with E-state index in [0.29, 0.717) is 0 Å². The Morgan fingerprint density at radius 2 is 1.76 bits per heavy atom. The molecule has 0 aromatic heterocycles. The standard InChI is InChI=1S/C19H26N2O4/c1-6-12-24-15(5)17(21-19(23)25-13(2)3)18(22)20-14(4)16-10-8-7-9-11-16/h1,7-11,13-15,17H,12H2,2-5H3,(H,20,22)(H,21,23)/t14?,15-,17+/m1/s1. The zero-order valence-corrected chi connectivity index (χ0v) is 15.1. The average Bonchev–Trinajstić information content (AvgIpc) is 2.57. The van der Waals surface area contributed by atoms with Gasteiger partial charge in [-0.3, -0.25) is 4.79 Å². The van der Waals surface area contributed by atoms with Gasteiger partial charge in [-0.2, -0.15) is 0 Å². The van der Waals surface area contributed by atoms with Crippen LogP contribution in [0.4, 0.5) is 4.79 Å². The predicted octanol–water partition coefficient (Wildman–Crippen LogP) is 2.41. The fourth-order valence-corrected chi connectivity index (χ4v) is 2.18. The first-order chi connectivity index (χ1) is 11.8. The highest BCUT2D eigenvalue weighted by Crippen LogP contribution is 2.12. The van der Waals surface area contributed by atoms with E-state index in [4.69, 9.17) is 15.9 Å². The number of amides is 2.